The number of benzene rings is 1. The molecule has 0 atom stereocenters. The van der Waals surface area contributed by atoms with E-state index < -0.39 is 0 Å². The van der Waals surface area contributed by atoms with Crippen LogP contribution in [-0.2, 0) is 12.8 Å². The van der Waals surface area contributed by atoms with E-state index in [0.717, 1.165) is 23.6 Å². The van der Waals surface area contributed by atoms with E-state index >= 15 is 0 Å². The van der Waals surface area contributed by atoms with Crippen LogP contribution in [0.15, 0.2) is 22.1 Å². The van der Waals surface area contributed by atoms with Crippen molar-refractivity contribution < 1.29 is 0 Å². The molecule has 1 aliphatic heterocycles. The lowest BCUT2D eigenvalue weighted by Crippen LogP contribution is -2.29. The van der Waals surface area contributed by atoms with Gasteiger partial charge in [-0.25, -0.2) is 0 Å². The molecular weight excluding hydrogens is 184 g/mol. The average molecular weight is 194 g/mol. The monoisotopic (exact) mass is 194 g/mol. The average Bonchev–Trinajstić information content (AvgIpc) is 2.97. The minimum Gasteiger partial charge on any atom is -0.259 e. The van der Waals surface area contributed by atoms with Crippen LogP contribution in [0.4, 0.5) is 0 Å². The highest BCUT2D eigenvalue weighted by Gasteiger charge is 2.21. The first-order valence-corrected chi connectivity index (χ1v) is 5.35. The van der Waals surface area contributed by atoms with Crippen LogP contribution < -0.4 is 10.7 Å². The van der Waals surface area contributed by atoms with Crippen molar-refractivity contribution in [3.05, 3.63) is 45.1 Å². The molecule has 0 fully saturated rings. The van der Waals surface area contributed by atoms with Crippen molar-refractivity contribution in [3.63, 3.8) is 0 Å². The minimum atomic E-state index is 0.611. The second-order valence-corrected chi connectivity index (χ2v) is 4.15. The first kappa shape index (κ1) is 7.57. The summed E-state index contributed by atoms with van der Waals surface area (Å²) in [6, 6.07) is 0. The van der Waals surface area contributed by atoms with Crippen LogP contribution in [-0.4, -0.2) is 6.67 Å². The first-order valence-electron chi connectivity index (χ1n) is 5.35. The highest BCUT2D eigenvalue weighted by molar-refractivity contribution is 5.70. The molecule has 0 aromatic heterocycles. The molecule has 1 aromatic rings. The van der Waals surface area contributed by atoms with Crippen LogP contribution in [0.25, 0.3) is 12.2 Å². The third-order valence-corrected chi connectivity index (χ3v) is 3.42. The Bertz CT molecular complexity index is 591. The molecule has 0 spiro atoms. The van der Waals surface area contributed by atoms with E-state index in [1.807, 2.05) is 0 Å². The largest absolute Gasteiger partial charge is 0.259 e. The van der Waals surface area contributed by atoms with Crippen LogP contribution in [0.3, 0.4) is 0 Å². The molecule has 72 valence electrons. The van der Waals surface area contributed by atoms with E-state index in [0.29, 0.717) is 6.67 Å². The van der Waals surface area contributed by atoms with Gasteiger partial charge >= 0.3 is 0 Å². The Morgan fingerprint density at radius 1 is 0.800 bits per heavy atom. The molecule has 2 aliphatic carbocycles. The number of hydrogen-bond donors (Lipinski definition) is 0. The van der Waals surface area contributed by atoms with Gasteiger partial charge < -0.3 is 0 Å². The Morgan fingerprint density at radius 2 is 1.33 bits per heavy atom. The van der Waals surface area contributed by atoms with E-state index in [2.05, 4.69) is 34.3 Å². The molecule has 2 nitrogen and oxygen atoms in total. The van der Waals surface area contributed by atoms with Crippen LogP contribution in [0.5, 0.6) is 0 Å². The van der Waals surface area contributed by atoms with Crippen molar-refractivity contribution in [2.45, 2.75) is 12.8 Å². The normalized spacial score (nSPS) is 18.4. The Hall–Kier alpha value is -1.70. The summed E-state index contributed by atoms with van der Waals surface area (Å²) in [5, 5.41) is 2.26. The summed E-state index contributed by atoms with van der Waals surface area (Å²) in [4.78, 5) is 8.99. The molecule has 0 amide bonds. The van der Waals surface area contributed by atoms with Crippen molar-refractivity contribution in [2.75, 3.05) is 6.67 Å². The molecule has 0 saturated heterocycles. The molecule has 2 heteroatoms. The fourth-order valence-electron chi connectivity index (χ4n) is 2.78. The number of rotatable bonds is 0. The van der Waals surface area contributed by atoms with Gasteiger partial charge in [-0.3, -0.25) is 9.98 Å². The zero-order valence-electron chi connectivity index (χ0n) is 8.33. The molecule has 1 aromatic carbocycles. The summed E-state index contributed by atoms with van der Waals surface area (Å²) in [5.74, 6) is 0. The third-order valence-electron chi connectivity index (χ3n) is 3.42. The summed E-state index contributed by atoms with van der Waals surface area (Å²) < 4.78 is 0. The van der Waals surface area contributed by atoms with Crippen molar-refractivity contribution in [1.82, 2.24) is 0 Å². The molecule has 0 bridgehead atoms. The molecule has 4 rings (SSSR count). The molecule has 0 unspecified atom stereocenters. The van der Waals surface area contributed by atoms with Crippen molar-refractivity contribution in [3.8, 4) is 0 Å². The van der Waals surface area contributed by atoms with Crippen molar-refractivity contribution in [1.29, 1.82) is 0 Å². The Morgan fingerprint density at radius 3 is 1.87 bits per heavy atom. The molecular formula is C13H10N2. The number of allylic oxidation sites excluding steroid dienone is 2. The topological polar surface area (TPSA) is 24.7 Å². The quantitative estimate of drug-likeness (QED) is 0.589. The lowest BCUT2D eigenvalue weighted by molar-refractivity contribution is 1.05. The summed E-state index contributed by atoms with van der Waals surface area (Å²) in [7, 11) is 0. The summed E-state index contributed by atoms with van der Waals surface area (Å²) >= 11 is 0. The number of nitrogens with zero attached hydrogens (tertiary/aromatic N) is 2. The van der Waals surface area contributed by atoms with E-state index in [1.165, 1.54) is 22.3 Å². The van der Waals surface area contributed by atoms with E-state index in [4.69, 9.17) is 0 Å². The predicted octanol–water partition coefficient (Wildman–Crippen LogP) is 1.04. The van der Waals surface area contributed by atoms with Gasteiger partial charge in [0, 0.05) is 11.1 Å². The van der Waals surface area contributed by atoms with Crippen molar-refractivity contribution in [2.24, 2.45) is 9.98 Å². The maximum Gasteiger partial charge on any atom is 0.130 e. The number of hydrogen-bond acceptors (Lipinski definition) is 2. The predicted molar refractivity (Wildman–Crippen MR) is 59.1 cm³/mol. The fraction of sp³-hybridized carbons (Fsp3) is 0.231. The fourth-order valence-corrected chi connectivity index (χ4v) is 2.78. The summed E-state index contributed by atoms with van der Waals surface area (Å²) in [6.07, 6.45) is 11.0. The molecule has 3 aliphatic rings. The van der Waals surface area contributed by atoms with Gasteiger partial charge in [0.05, 0.1) is 10.7 Å². The summed E-state index contributed by atoms with van der Waals surface area (Å²) in [6.45, 7) is 0.611. The van der Waals surface area contributed by atoms with Gasteiger partial charge in [0.25, 0.3) is 0 Å². The lowest BCUT2D eigenvalue weighted by atomic mass is 9.97. The maximum absolute atomic E-state index is 4.50. The van der Waals surface area contributed by atoms with E-state index in [9.17, 15) is 0 Å². The SMILES string of the molecule is C1=Cc2c(c3c(c4c2=NCN=4)C=CC3)C1. The number of fused-ring (bicyclic) bond motifs is 6. The van der Waals surface area contributed by atoms with Gasteiger partial charge in [0.1, 0.15) is 6.67 Å². The maximum atomic E-state index is 4.50. The van der Waals surface area contributed by atoms with E-state index in [-0.39, 0.29) is 0 Å². The Balaban J connectivity index is 2.30. The van der Waals surface area contributed by atoms with Gasteiger partial charge in [0.2, 0.25) is 0 Å². The second-order valence-electron chi connectivity index (χ2n) is 4.15. The van der Waals surface area contributed by atoms with Gasteiger partial charge in [-0.15, -0.1) is 0 Å². The van der Waals surface area contributed by atoms with Crippen molar-refractivity contribution >= 4 is 12.2 Å². The van der Waals surface area contributed by atoms with Crippen LogP contribution in [0.2, 0.25) is 0 Å². The van der Waals surface area contributed by atoms with Crippen LogP contribution in [0.1, 0.15) is 22.3 Å². The highest BCUT2D eigenvalue weighted by atomic mass is 15.0. The van der Waals surface area contributed by atoms with Gasteiger partial charge in [-0.2, -0.15) is 0 Å². The molecule has 1 heterocycles. The van der Waals surface area contributed by atoms with Gasteiger partial charge in [0.15, 0.2) is 0 Å². The van der Waals surface area contributed by atoms with Crippen LogP contribution >= 0.6 is 0 Å². The van der Waals surface area contributed by atoms with Gasteiger partial charge in [-0.05, 0) is 24.0 Å². The summed E-state index contributed by atoms with van der Waals surface area (Å²) in [5.41, 5.74) is 5.62. The standard InChI is InChI=1S/C13H10N2/c1-3-8-9-4-2-6-11(9)13-12(10(8)5-1)14-7-15-13/h1-2,5-6H,3-4,7H2. The smallest absolute Gasteiger partial charge is 0.130 e. The molecule has 0 radical (unpaired) electrons. The third kappa shape index (κ3) is 0.803. The Labute approximate surface area is 87.4 Å². The van der Waals surface area contributed by atoms with E-state index in [1.54, 1.807) is 0 Å². The molecule has 0 N–H and O–H groups in total. The lowest BCUT2D eigenvalue weighted by Gasteiger charge is -2.06. The minimum absolute atomic E-state index is 0.611. The zero-order chi connectivity index (χ0) is 9.83. The van der Waals surface area contributed by atoms with Gasteiger partial charge in [-0.1, -0.05) is 24.3 Å². The second kappa shape index (κ2) is 2.45. The Kier molecular flexibility index (Phi) is 1.24. The zero-order valence-corrected chi connectivity index (χ0v) is 8.33. The molecule has 15 heavy (non-hydrogen) atoms. The molecule has 0 saturated carbocycles. The highest BCUT2D eigenvalue weighted by Crippen LogP contribution is 2.26. The first-order chi connectivity index (χ1) is 7.45. The van der Waals surface area contributed by atoms with Crippen LogP contribution in [0, 0.1) is 0 Å².